The lowest BCUT2D eigenvalue weighted by atomic mass is 10.2. The van der Waals surface area contributed by atoms with E-state index in [1.165, 1.54) is 5.56 Å². The van der Waals surface area contributed by atoms with Crippen molar-refractivity contribution < 1.29 is 9.47 Å². The Kier molecular flexibility index (Phi) is 5.30. The highest BCUT2D eigenvalue weighted by atomic mass is 16.5. The van der Waals surface area contributed by atoms with Gasteiger partial charge in [-0.05, 0) is 36.2 Å². The highest BCUT2D eigenvalue weighted by Crippen LogP contribution is 2.28. The lowest BCUT2D eigenvalue weighted by molar-refractivity contribution is 0.294. The fourth-order valence-electron chi connectivity index (χ4n) is 1.92. The molecule has 0 aliphatic heterocycles. The van der Waals surface area contributed by atoms with Gasteiger partial charge in [0.2, 0.25) is 0 Å². The molecule has 106 valence electrons. The summed E-state index contributed by atoms with van der Waals surface area (Å²) in [6.07, 6.45) is 0.982. The van der Waals surface area contributed by atoms with Crippen LogP contribution < -0.4 is 14.8 Å². The quantitative estimate of drug-likeness (QED) is 0.822. The van der Waals surface area contributed by atoms with Crippen LogP contribution in [-0.2, 0) is 6.54 Å². The van der Waals surface area contributed by atoms with Gasteiger partial charge in [-0.2, -0.15) is 0 Å². The largest absolute Gasteiger partial charge is 0.493 e. The first-order valence-electron chi connectivity index (χ1n) is 6.92. The third-order valence-corrected chi connectivity index (χ3v) is 2.96. The Balaban J connectivity index is 2.04. The molecule has 20 heavy (non-hydrogen) atoms. The third kappa shape index (κ3) is 3.92. The molecular weight excluding hydrogens is 250 g/mol. The Bertz CT molecular complexity index is 526. The summed E-state index contributed by atoms with van der Waals surface area (Å²) in [5.74, 6) is 1.59. The van der Waals surface area contributed by atoms with Crippen LogP contribution in [0.2, 0.25) is 0 Å². The summed E-state index contributed by atoms with van der Waals surface area (Å²) in [5.41, 5.74) is 2.28. The number of ether oxygens (including phenoxy) is 2. The van der Waals surface area contributed by atoms with Crippen molar-refractivity contribution in [1.29, 1.82) is 0 Å². The molecule has 2 aromatic rings. The molecule has 3 heteroatoms. The van der Waals surface area contributed by atoms with Gasteiger partial charge in [0.25, 0.3) is 0 Å². The van der Waals surface area contributed by atoms with Crippen molar-refractivity contribution in [3.8, 4) is 11.5 Å². The second kappa shape index (κ2) is 7.43. The molecule has 0 aromatic heterocycles. The summed E-state index contributed by atoms with van der Waals surface area (Å²) in [6, 6.07) is 16.2. The van der Waals surface area contributed by atoms with Crippen LogP contribution in [0.15, 0.2) is 48.5 Å². The van der Waals surface area contributed by atoms with Crippen molar-refractivity contribution in [1.82, 2.24) is 0 Å². The van der Waals surface area contributed by atoms with Crippen molar-refractivity contribution in [2.75, 3.05) is 19.0 Å². The normalized spacial score (nSPS) is 10.1. The van der Waals surface area contributed by atoms with Gasteiger partial charge in [-0.3, -0.25) is 0 Å². The maximum Gasteiger partial charge on any atom is 0.161 e. The second-order valence-corrected chi connectivity index (χ2v) is 4.55. The Hall–Kier alpha value is -2.16. The molecule has 0 heterocycles. The molecule has 0 bridgehead atoms. The fraction of sp³-hybridized carbons (Fsp3) is 0.294. The number of rotatable bonds is 7. The van der Waals surface area contributed by atoms with Crippen LogP contribution in [-0.4, -0.2) is 13.7 Å². The van der Waals surface area contributed by atoms with E-state index in [0.717, 1.165) is 30.2 Å². The van der Waals surface area contributed by atoms with Gasteiger partial charge in [-0.15, -0.1) is 0 Å². The van der Waals surface area contributed by atoms with Gasteiger partial charge in [0.05, 0.1) is 13.7 Å². The molecule has 0 saturated carbocycles. The Morgan fingerprint density at radius 2 is 1.80 bits per heavy atom. The SMILES string of the molecule is CCCOc1cc(CNc2ccccc2)ccc1OC. The van der Waals surface area contributed by atoms with E-state index in [4.69, 9.17) is 9.47 Å². The highest BCUT2D eigenvalue weighted by molar-refractivity contribution is 5.46. The van der Waals surface area contributed by atoms with E-state index >= 15 is 0 Å². The van der Waals surface area contributed by atoms with Gasteiger partial charge in [0.15, 0.2) is 11.5 Å². The summed E-state index contributed by atoms with van der Waals surface area (Å²) >= 11 is 0. The van der Waals surface area contributed by atoms with Crippen molar-refractivity contribution in [2.24, 2.45) is 0 Å². The number of hydrogen-bond donors (Lipinski definition) is 1. The minimum absolute atomic E-state index is 0.700. The molecule has 2 rings (SSSR count). The first-order valence-corrected chi connectivity index (χ1v) is 6.92. The number of para-hydroxylation sites is 1. The zero-order chi connectivity index (χ0) is 14.2. The molecule has 0 saturated heterocycles. The maximum absolute atomic E-state index is 5.72. The first-order chi connectivity index (χ1) is 9.83. The Morgan fingerprint density at radius 3 is 2.50 bits per heavy atom. The van der Waals surface area contributed by atoms with Gasteiger partial charge in [-0.1, -0.05) is 31.2 Å². The minimum atomic E-state index is 0.700. The van der Waals surface area contributed by atoms with Gasteiger partial charge in [-0.25, -0.2) is 0 Å². The van der Waals surface area contributed by atoms with Crippen LogP contribution in [0.25, 0.3) is 0 Å². The average Bonchev–Trinajstić information content (AvgIpc) is 2.52. The van der Waals surface area contributed by atoms with Crippen molar-refractivity contribution >= 4 is 5.69 Å². The van der Waals surface area contributed by atoms with E-state index in [0.29, 0.717) is 6.61 Å². The summed E-state index contributed by atoms with van der Waals surface area (Å²) < 4.78 is 11.0. The minimum Gasteiger partial charge on any atom is -0.493 e. The molecule has 0 unspecified atom stereocenters. The number of nitrogens with one attached hydrogen (secondary N) is 1. The molecular formula is C17H21NO2. The number of benzene rings is 2. The predicted octanol–water partition coefficient (Wildman–Crippen LogP) is 4.10. The van der Waals surface area contributed by atoms with Crippen LogP contribution in [0, 0.1) is 0 Å². The maximum atomic E-state index is 5.72. The second-order valence-electron chi connectivity index (χ2n) is 4.55. The molecule has 0 spiro atoms. The van der Waals surface area contributed by atoms with Gasteiger partial charge in [0, 0.05) is 12.2 Å². The standard InChI is InChI=1S/C17H21NO2/c1-3-11-20-17-12-14(9-10-16(17)19-2)13-18-15-7-5-4-6-8-15/h4-10,12,18H,3,11,13H2,1-2H3. The van der Waals surface area contributed by atoms with Gasteiger partial charge < -0.3 is 14.8 Å². The van der Waals surface area contributed by atoms with E-state index in [2.05, 4.69) is 24.4 Å². The first kappa shape index (κ1) is 14.3. The van der Waals surface area contributed by atoms with Crippen molar-refractivity contribution in [3.05, 3.63) is 54.1 Å². The predicted molar refractivity (Wildman–Crippen MR) is 82.5 cm³/mol. The molecule has 3 nitrogen and oxygen atoms in total. The van der Waals surface area contributed by atoms with E-state index in [1.54, 1.807) is 7.11 Å². The van der Waals surface area contributed by atoms with Crippen LogP contribution in [0.4, 0.5) is 5.69 Å². The van der Waals surface area contributed by atoms with E-state index in [1.807, 2.05) is 36.4 Å². The fourth-order valence-corrected chi connectivity index (χ4v) is 1.92. The number of hydrogen-bond acceptors (Lipinski definition) is 3. The topological polar surface area (TPSA) is 30.5 Å². The zero-order valence-electron chi connectivity index (χ0n) is 12.1. The average molecular weight is 271 g/mol. The molecule has 0 amide bonds. The molecule has 0 radical (unpaired) electrons. The molecule has 0 aliphatic rings. The zero-order valence-corrected chi connectivity index (χ0v) is 12.1. The lowest BCUT2D eigenvalue weighted by Crippen LogP contribution is -2.02. The van der Waals surface area contributed by atoms with Gasteiger partial charge in [0.1, 0.15) is 0 Å². The summed E-state index contributed by atoms with van der Waals surface area (Å²) in [4.78, 5) is 0. The van der Waals surface area contributed by atoms with Crippen molar-refractivity contribution in [2.45, 2.75) is 19.9 Å². The molecule has 1 N–H and O–H groups in total. The summed E-state index contributed by atoms with van der Waals surface area (Å²) in [6.45, 7) is 3.55. The molecule has 2 aromatic carbocycles. The molecule has 0 fully saturated rings. The highest BCUT2D eigenvalue weighted by Gasteiger charge is 2.05. The number of methoxy groups -OCH3 is 1. The number of anilines is 1. The lowest BCUT2D eigenvalue weighted by Gasteiger charge is -2.12. The van der Waals surface area contributed by atoms with Crippen LogP contribution in [0.5, 0.6) is 11.5 Å². The smallest absolute Gasteiger partial charge is 0.161 e. The van der Waals surface area contributed by atoms with Crippen molar-refractivity contribution in [3.63, 3.8) is 0 Å². The van der Waals surface area contributed by atoms with Gasteiger partial charge >= 0.3 is 0 Å². The third-order valence-electron chi connectivity index (χ3n) is 2.96. The van der Waals surface area contributed by atoms with E-state index in [-0.39, 0.29) is 0 Å². The Morgan fingerprint density at radius 1 is 1.00 bits per heavy atom. The van der Waals surface area contributed by atoms with E-state index < -0.39 is 0 Å². The van der Waals surface area contributed by atoms with Crippen LogP contribution in [0.1, 0.15) is 18.9 Å². The van der Waals surface area contributed by atoms with Crippen LogP contribution in [0.3, 0.4) is 0 Å². The summed E-state index contributed by atoms with van der Waals surface area (Å²) in [5, 5.41) is 3.39. The van der Waals surface area contributed by atoms with E-state index in [9.17, 15) is 0 Å². The monoisotopic (exact) mass is 271 g/mol. The molecule has 0 aliphatic carbocycles. The van der Waals surface area contributed by atoms with Crippen LogP contribution >= 0.6 is 0 Å². The summed E-state index contributed by atoms with van der Waals surface area (Å²) in [7, 11) is 1.66. The molecule has 0 atom stereocenters. The Labute approximate surface area is 120 Å².